The molecule has 0 aromatic carbocycles. The summed E-state index contributed by atoms with van der Waals surface area (Å²) in [5.74, 6) is 0. The monoisotopic (exact) mass is 294 g/mol. The van der Waals surface area contributed by atoms with Gasteiger partial charge in [0, 0.05) is 18.7 Å². The first-order chi connectivity index (χ1) is 10.2. The van der Waals surface area contributed by atoms with Crippen molar-refractivity contribution in [3.8, 4) is 0 Å². The lowest BCUT2D eigenvalue weighted by atomic mass is 10.0. The van der Waals surface area contributed by atoms with E-state index in [0.717, 1.165) is 13.0 Å². The van der Waals surface area contributed by atoms with Gasteiger partial charge in [0.15, 0.2) is 0 Å². The van der Waals surface area contributed by atoms with Crippen LogP contribution in [0.3, 0.4) is 0 Å². The van der Waals surface area contributed by atoms with Crippen LogP contribution in [0.15, 0.2) is 23.9 Å². The first-order valence-electron chi connectivity index (χ1n) is 8.74. The molecule has 0 aliphatic heterocycles. The van der Waals surface area contributed by atoms with Crippen LogP contribution < -0.4 is 11.5 Å². The van der Waals surface area contributed by atoms with Crippen molar-refractivity contribution in [3.63, 3.8) is 0 Å². The zero-order valence-electron chi connectivity index (χ0n) is 13.8. The fourth-order valence-electron chi connectivity index (χ4n) is 2.72. The predicted octanol–water partition coefficient (Wildman–Crippen LogP) is 4.38. The summed E-state index contributed by atoms with van der Waals surface area (Å²) in [6.07, 6.45) is 19.7. The summed E-state index contributed by atoms with van der Waals surface area (Å²) in [7, 11) is 0. The number of allylic oxidation sites excluding steroid dienone is 1. The van der Waals surface area contributed by atoms with Gasteiger partial charge in [-0.1, -0.05) is 70.8 Å². The third kappa shape index (κ3) is 8.94. The molecule has 0 heterocycles. The first kappa shape index (κ1) is 18.2. The second-order valence-corrected chi connectivity index (χ2v) is 6.24. The maximum Gasteiger partial charge on any atom is 0.141 e. The van der Waals surface area contributed by atoms with Crippen LogP contribution in [0.2, 0.25) is 0 Å². The summed E-state index contributed by atoms with van der Waals surface area (Å²) >= 11 is 0. The molecule has 0 spiro atoms. The van der Waals surface area contributed by atoms with Gasteiger partial charge >= 0.3 is 0 Å². The van der Waals surface area contributed by atoms with Crippen LogP contribution in [0.25, 0.3) is 0 Å². The summed E-state index contributed by atoms with van der Waals surface area (Å²) < 4.78 is 5.78. The number of rotatable bonds is 12. The lowest BCUT2D eigenvalue weighted by Crippen LogP contribution is -2.42. The van der Waals surface area contributed by atoms with Gasteiger partial charge < -0.3 is 10.5 Å². The molecule has 1 rings (SSSR count). The van der Waals surface area contributed by atoms with E-state index in [0.29, 0.717) is 12.1 Å². The Morgan fingerprint density at radius 3 is 2.14 bits per heavy atom. The maximum absolute atomic E-state index is 6.14. The number of hydrogen-bond donors (Lipinski definition) is 2. The SMILES string of the molecule is CCCCCCCCCCCCOC1(N)C=C(N)C=CC1. The highest BCUT2D eigenvalue weighted by Gasteiger charge is 2.23. The second kappa shape index (κ2) is 10.9. The molecule has 0 radical (unpaired) electrons. The summed E-state index contributed by atoms with van der Waals surface area (Å²) in [5, 5.41) is 0. The zero-order valence-corrected chi connectivity index (χ0v) is 13.8. The molecule has 1 aliphatic carbocycles. The molecule has 3 heteroatoms. The number of ether oxygens (including phenoxy) is 1. The highest BCUT2D eigenvalue weighted by atomic mass is 16.5. The Morgan fingerprint density at radius 1 is 1.00 bits per heavy atom. The average molecular weight is 294 g/mol. The van der Waals surface area contributed by atoms with Crippen LogP contribution in [-0.4, -0.2) is 12.3 Å². The Hall–Kier alpha value is -0.800. The van der Waals surface area contributed by atoms with Crippen LogP contribution in [-0.2, 0) is 4.74 Å². The second-order valence-electron chi connectivity index (χ2n) is 6.24. The molecule has 1 aliphatic rings. The van der Waals surface area contributed by atoms with Crippen molar-refractivity contribution in [1.82, 2.24) is 0 Å². The van der Waals surface area contributed by atoms with Crippen molar-refractivity contribution >= 4 is 0 Å². The van der Waals surface area contributed by atoms with Crippen LogP contribution >= 0.6 is 0 Å². The van der Waals surface area contributed by atoms with Gasteiger partial charge in [-0.3, -0.25) is 5.73 Å². The van der Waals surface area contributed by atoms with Crippen molar-refractivity contribution < 1.29 is 4.74 Å². The molecule has 1 unspecified atom stereocenters. The highest BCUT2D eigenvalue weighted by Crippen LogP contribution is 2.19. The fourth-order valence-corrected chi connectivity index (χ4v) is 2.72. The third-order valence-electron chi connectivity index (χ3n) is 4.03. The maximum atomic E-state index is 6.14. The zero-order chi connectivity index (χ0) is 15.4. The van der Waals surface area contributed by atoms with Gasteiger partial charge in [0.05, 0.1) is 0 Å². The molecule has 4 N–H and O–H groups in total. The van der Waals surface area contributed by atoms with Gasteiger partial charge in [-0.25, -0.2) is 0 Å². The average Bonchev–Trinajstić information content (AvgIpc) is 2.44. The smallest absolute Gasteiger partial charge is 0.141 e. The Balaban J connectivity index is 1.90. The van der Waals surface area contributed by atoms with Gasteiger partial charge in [0.1, 0.15) is 5.72 Å². The van der Waals surface area contributed by atoms with Gasteiger partial charge in [-0.05, 0) is 18.6 Å². The first-order valence-corrected chi connectivity index (χ1v) is 8.74. The van der Waals surface area contributed by atoms with Crippen molar-refractivity contribution in [2.75, 3.05) is 6.61 Å². The standard InChI is InChI=1S/C18H34N2O/c1-2-3-4-5-6-7-8-9-10-11-15-21-18(20)14-12-13-17(19)16-18/h12-13,16H,2-11,14-15,19-20H2,1H3. The van der Waals surface area contributed by atoms with Crippen molar-refractivity contribution in [3.05, 3.63) is 23.9 Å². The van der Waals surface area contributed by atoms with E-state index in [9.17, 15) is 0 Å². The molecular formula is C18H34N2O. The fraction of sp³-hybridized carbons (Fsp3) is 0.778. The summed E-state index contributed by atoms with van der Waals surface area (Å²) in [4.78, 5) is 0. The normalized spacial score (nSPS) is 21.5. The summed E-state index contributed by atoms with van der Waals surface area (Å²) in [6, 6.07) is 0. The van der Waals surface area contributed by atoms with Crippen LogP contribution in [0.5, 0.6) is 0 Å². The van der Waals surface area contributed by atoms with Crippen LogP contribution in [0, 0.1) is 0 Å². The Labute approximate surface area is 130 Å². The predicted molar refractivity (Wildman–Crippen MR) is 90.7 cm³/mol. The number of hydrogen-bond acceptors (Lipinski definition) is 3. The largest absolute Gasteiger partial charge is 0.399 e. The van der Waals surface area contributed by atoms with Crippen molar-refractivity contribution in [2.24, 2.45) is 11.5 Å². The number of unbranched alkanes of at least 4 members (excludes halogenated alkanes) is 9. The van der Waals surface area contributed by atoms with Gasteiger partial charge in [-0.15, -0.1) is 0 Å². The Bertz CT molecular complexity index is 325. The van der Waals surface area contributed by atoms with Gasteiger partial charge in [0.2, 0.25) is 0 Å². The molecule has 0 fully saturated rings. The van der Waals surface area contributed by atoms with E-state index in [4.69, 9.17) is 16.2 Å². The van der Waals surface area contributed by atoms with E-state index in [-0.39, 0.29) is 0 Å². The topological polar surface area (TPSA) is 61.3 Å². The van der Waals surface area contributed by atoms with Crippen LogP contribution in [0.1, 0.15) is 77.6 Å². The minimum absolute atomic E-state index is 0.682. The minimum Gasteiger partial charge on any atom is -0.399 e. The van der Waals surface area contributed by atoms with E-state index in [1.54, 1.807) is 0 Å². The molecule has 0 bridgehead atoms. The van der Waals surface area contributed by atoms with E-state index in [1.165, 1.54) is 57.8 Å². The van der Waals surface area contributed by atoms with Crippen LogP contribution in [0.4, 0.5) is 0 Å². The number of nitrogens with two attached hydrogens (primary N) is 2. The summed E-state index contributed by atoms with van der Waals surface area (Å²) in [5.41, 5.74) is 11.9. The van der Waals surface area contributed by atoms with E-state index in [2.05, 4.69) is 6.92 Å². The van der Waals surface area contributed by atoms with Crippen molar-refractivity contribution in [2.45, 2.75) is 83.3 Å². The molecule has 0 amide bonds. The molecule has 0 aromatic rings. The Morgan fingerprint density at radius 2 is 1.57 bits per heavy atom. The van der Waals surface area contributed by atoms with Crippen molar-refractivity contribution in [1.29, 1.82) is 0 Å². The molecule has 122 valence electrons. The molecule has 0 aromatic heterocycles. The lowest BCUT2D eigenvalue weighted by Gasteiger charge is -2.27. The van der Waals surface area contributed by atoms with E-state index < -0.39 is 5.72 Å². The quantitative estimate of drug-likeness (QED) is 0.415. The van der Waals surface area contributed by atoms with E-state index >= 15 is 0 Å². The van der Waals surface area contributed by atoms with Gasteiger partial charge in [0.25, 0.3) is 0 Å². The molecule has 0 saturated carbocycles. The Kier molecular flexibility index (Phi) is 9.44. The van der Waals surface area contributed by atoms with Gasteiger partial charge in [-0.2, -0.15) is 0 Å². The molecular weight excluding hydrogens is 260 g/mol. The summed E-state index contributed by atoms with van der Waals surface area (Å²) in [6.45, 7) is 2.99. The molecule has 0 saturated heterocycles. The third-order valence-corrected chi connectivity index (χ3v) is 4.03. The minimum atomic E-state index is -0.682. The molecule has 21 heavy (non-hydrogen) atoms. The highest BCUT2D eigenvalue weighted by molar-refractivity contribution is 5.24. The molecule has 1 atom stereocenters. The lowest BCUT2D eigenvalue weighted by molar-refractivity contribution is -0.00501. The molecule has 3 nitrogen and oxygen atoms in total. The van der Waals surface area contributed by atoms with E-state index in [1.807, 2.05) is 18.2 Å².